The number of nitrogens with zero attached hydrogens (tertiary/aromatic N) is 3. The van der Waals surface area contributed by atoms with Crippen LogP contribution < -0.4 is 16.6 Å². The van der Waals surface area contributed by atoms with Crippen LogP contribution in [0.15, 0.2) is 33.9 Å². The van der Waals surface area contributed by atoms with Crippen LogP contribution >= 0.6 is 0 Å². The van der Waals surface area contributed by atoms with Crippen LogP contribution in [0.1, 0.15) is 37.7 Å². The molecule has 0 spiro atoms. The van der Waals surface area contributed by atoms with Crippen molar-refractivity contribution in [3.63, 3.8) is 0 Å². The molecule has 3 aromatic rings. The lowest BCUT2D eigenvalue weighted by molar-refractivity contribution is 0.459. The molecule has 8 heteroatoms. The van der Waals surface area contributed by atoms with Gasteiger partial charge >= 0.3 is 5.69 Å². The number of aryl methyl sites for hydroxylation is 1. The molecule has 0 radical (unpaired) electrons. The standard InChI is InChI=1S/C19H22FN5O2/c1-24-16-15(17(26)23-19(24)27)25(11-12-7-9-13(20)10-8-12)18(22-16)21-14-5-3-2-4-6-14/h7-10,14H,2-6,11H2,1H3,(H,21,22)(H,23,26,27). The zero-order valence-corrected chi connectivity index (χ0v) is 15.2. The lowest BCUT2D eigenvalue weighted by Gasteiger charge is -2.23. The number of benzene rings is 1. The van der Waals surface area contributed by atoms with Gasteiger partial charge in [-0.1, -0.05) is 31.4 Å². The highest BCUT2D eigenvalue weighted by molar-refractivity contribution is 5.74. The van der Waals surface area contributed by atoms with E-state index in [4.69, 9.17) is 0 Å². The second-order valence-corrected chi connectivity index (χ2v) is 7.12. The highest BCUT2D eigenvalue weighted by Gasteiger charge is 2.21. The maximum absolute atomic E-state index is 13.2. The molecule has 1 aliphatic rings. The van der Waals surface area contributed by atoms with Gasteiger partial charge in [-0.05, 0) is 30.5 Å². The SMILES string of the molecule is Cn1c(=O)[nH]c(=O)c2c1nc(NC1CCCCC1)n2Cc1ccc(F)cc1. The van der Waals surface area contributed by atoms with Crippen molar-refractivity contribution in [1.29, 1.82) is 0 Å². The lowest BCUT2D eigenvalue weighted by atomic mass is 9.96. The van der Waals surface area contributed by atoms with E-state index in [0.717, 1.165) is 31.2 Å². The molecule has 4 rings (SSSR count). The third-order valence-corrected chi connectivity index (χ3v) is 5.20. The molecular formula is C19H22FN5O2. The zero-order chi connectivity index (χ0) is 19.0. The number of H-pyrrole nitrogens is 1. The largest absolute Gasteiger partial charge is 0.353 e. The molecule has 27 heavy (non-hydrogen) atoms. The number of rotatable bonds is 4. The molecule has 1 aliphatic carbocycles. The predicted molar refractivity (Wildman–Crippen MR) is 102 cm³/mol. The monoisotopic (exact) mass is 371 g/mol. The Morgan fingerprint density at radius 1 is 1.19 bits per heavy atom. The fourth-order valence-electron chi connectivity index (χ4n) is 3.70. The van der Waals surface area contributed by atoms with E-state index in [-0.39, 0.29) is 5.82 Å². The molecule has 7 nitrogen and oxygen atoms in total. The van der Waals surface area contributed by atoms with Gasteiger partial charge in [-0.2, -0.15) is 4.98 Å². The van der Waals surface area contributed by atoms with E-state index < -0.39 is 11.2 Å². The van der Waals surface area contributed by atoms with Crippen LogP contribution in [0.2, 0.25) is 0 Å². The average Bonchev–Trinajstić information content (AvgIpc) is 3.01. The van der Waals surface area contributed by atoms with Crippen molar-refractivity contribution < 1.29 is 4.39 Å². The van der Waals surface area contributed by atoms with Crippen LogP contribution in [0, 0.1) is 5.82 Å². The van der Waals surface area contributed by atoms with Crippen molar-refractivity contribution in [3.8, 4) is 0 Å². The Morgan fingerprint density at radius 3 is 2.59 bits per heavy atom. The number of hydrogen-bond acceptors (Lipinski definition) is 4. The number of nitrogens with one attached hydrogen (secondary N) is 2. The fraction of sp³-hybridized carbons (Fsp3) is 0.421. The van der Waals surface area contributed by atoms with E-state index in [9.17, 15) is 14.0 Å². The number of aromatic nitrogens is 4. The second-order valence-electron chi connectivity index (χ2n) is 7.12. The van der Waals surface area contributed by atoms with Crippen molar-refractivity contribution in [2.24, 2.45) is 7.05 Å². The summed E-state index contributed by atoms with van der Waals surface area (Å²) in [7, 11) is 1.58. The van der Waals surface area contributed by atoms with Gasteiger partial charge < -0.3 is 5.32 Å². The summed E-state index contributed by atoms with van der Waals surface area (Å²) in [6, 6.07) is 6.44. The Balaban J connectivity index is 1.82. The Morgan fingerprint density at radius 2 is 1.89 bits per heavy atom. The molecule has 142 valence electrons. The molecule has 1 saturated carbocycles. The number of aromatic amines is 1. The van der Waals surface area contributed by atoms with E-state index in [2.05, 4.69) is 15.3 Å². The van der Waals surface area contributed by atoms with Crippen LogP contribution in [-0.4, -0.2) is 25.1 Å². The molecule has 0 amide bonds. The van der Waals surface area contributed by atoms with Gasteiger partial charge in [0.15, 0.2) is 11.2 Å². The van der Waals surface area contributed by atoms with Gasteiger partial charge in [-0.15, -0.1) is 0 Å². The summed E-state index contributed by atoms with van der Waals surface area (Å²) in [4.78, 5) is 31.4. The number of halogens is 1. The highest BCUT2D eigenvalue weighted by Crippen LogP contribution is 2.24. The van der Waals surface area contributed by atoms with Gasteiger partial charge in [-0.3, -0.25) is 18.9 Å². The van der Waals surface area contributed by atoms with Crippen molar-refractivity contribution in [2.45, 2.75) is 44.7 Å². The summed E-state index contributed by atoms with van der Waals surface area (Å²) in [5.41, 5.74) is 0.544. The molecule has 0 bridgehead atoms. The highest BCUT2D eigenvalue weighted by atomic mass is 19.1. The maximum atomic E-state index is 13.2. The summed E-state index contributed by atoms with van der Waals surface area (Å²) in [6.45, 7) is 0.354. The van der Waals surface area contributed by atoms with Crippen LogP contribution in [0.4, 0.5) is 10.3 Å². The normalized spacial score (nSPS) is 15.3. The van der Waals surface area contributed by atoms with Crippen molar-refractivity contribution >= 4 is 17.1 Å². The first-order chi connectivity index (χ1) is 13.0. The quantitative estimate of drug-likeness (QED) is 0.737. The first kappa shape index (κ1) is 17.5. The zero-order valence-electron chi connectivity index (χ0n) is 15.2. The molecule has 2 aromatic heterocycles. The van der Waals surface area contributed by atoms with Gasteiger partial charge in [0, 0.05) is 13.1 Å². The van der Waals surface area contributed by atoms with Gasteiger partial charge in [0.05, 0.1) is 6.54 Å². The first-order valence-corrected chi connectivity index (χ1v) is 9.23. The third kappa shape index (κ3) is 3.39. The average molecular weight is 371 g/mol. The number of fused-ring (bicyclic) bond motifs is 1. The minimum absolute atomic E-state index is 0.290. The Kier molecular flexibility index (Phi) is 4.55. The van der Waals surface area contributed by atoms with Crippen molar-refractivity contribution in [1.82, 2.24) is 19.1 Å². The molecule has 0 saturated heterocycles. The molecule has 0 aliphatic heterocycles. The number of imidazole rings is 1. The van der Waals surface area contributed by atoms with Gasteiger partial charge in [-0.25, -0.2) is 9.18 Å². The summed E-state index contributed by atoms with van der Waals surface area (Å²) in [5.74, 6) is 0.253. The molecule has 2 heterocycles. The number of anilines is 1. The Bertz CT molecular complexity index is 1070. The van der Waals surface area contributed by atoms with E-state index in [0.29, 0.717) is 29.7 Å². The van der Waals surface area contributed by atoms with Crippen LogP contribution in [0.3, 0.4) is 0 Å². The molecule has 0 atom stereocenters. The van der Waals surface area contributed by atoms with Crippen molar-refractivity contribution in [3.05, 3.63) is 56.5 Å². The minimum atomic E-state index is -0.497. The van der Waals surface area contributed by atoms with Gasteiger partial charge in [0.25, 0.3) is 5.56 Å². The van der Waals surface area contributed by atoms with Crippen LogP contribution in [-0.2, 0) is 13.6 Å². The summed E-state index contributed by atoms with van der Waals surface area (Å²) < 4.78 is 16.4. The minimum Gasteiger partial charge on any atom is -0.353 e. The van der Waals surface area contributed by atoms with Gasteiger partial charge in [0.1, 0.15) is 5.82 Å². The third-order valence-electron chi connectivity index (χ3n) is 5.20. The Labute approximate surface area is 154 Å². The Hall–Kier alpha value is -2.90. The topological polar surface area (TPSA) is 84.7 Å². The molecule has 1 aromatic carbocycles. The van der Waals surface area contributed by atoms with E-state index in [1.54, 1.807) is 23.7 Å². The van der Waals surface area contributed by atoms with E-state index in [1.165, 1.54) is 23.1 Å². The molecule has 1 fully saturated rings. The summed E-state index contributed by atoms with van der Waals surface area (Å²) in [6.07, 6.45) is 5.66. The fourth-order valence-corrected chi connectivity index (χ4v) is 3.70. The second kappa shape index (κ2) is 7.02. The van der Waals surface area contributed by atoms with E-state index >= 15 is 0 Å². The molecule has 2 N–H and O–H groups in total. The van der Waals surface area contributed by atoms with Gasteiger partial charge in [0.2, 0.25) is 5.95 Å². The molecular weight excluding hydrogens is 349 g/mol. The maximum Gasteiger partial charge on any atom is 0.329 e. The van der Waals surface area contributed by atoms with Crippen molar-refractivity contribution in [2.75, 3.05) is 5.32 Å². The van der Waals surface area contributed by atoms with E-state index in [1.807, 2.05) is 0 Å². The number of hydrogen-bond donors (Lipinski definition) is 2. The molecule has 0 unspecified atom stereocenters. The van der Waals surface area contributed by atoms with Crippen LogP contribution in [0.5, 0.6) is 0 Å². The van der Waals surface area contributed by atoms with Crippen LogP contribution in [0.25, 0.3) is 11.2 Å². The summed E-state index contributed by atoms with van der Waals surface area (Å²) in [5, 5.41) is 3.45. The lowest BCUT2D eigenvalue weighted by Crippen LogP contribution is -2.29. The smallest absolute Gasteiger partial charge is 0.329 e. The first-order valence-electron chi connectivity index (χ1n) is 9.23. The summed E-state index contributed by atoms with van der Waals surface area (Å²) >= 11 is 0. The predicted octanol–water partition coefficient (Wildman–Crippen LogP) is 2.36.